The molecule has 1 atom stereocenters. The van der Waals surface area contributed by atoms with Crippen LogP contribution in [-0.4, -0.2) is 17.8 Å². The summed E-state index contributed by atoms with van der Waals surface area (Å²) in [4.78, 5) is 0. The number of hydrogen-bond acceptors (Lipinski definition) is 2. The van der Waals surface area contributed by atoms with Crippen LogP contribution in [0.1, 0.15) is 36.5 Å². The fraction of sp³-hybridized carbons (Fsp3) is 0.571. The largest absolute Gasteiger partial charge is 0.396 e. The fourth-order valence-corrected chi connectivity index (χ4v) is 1.96. The molecule has 1 rings (SSSR count). The molecule has 0 saturated heterocycles. The van der Waals surface area contributed by atoms with Crippen molar-refractivity contribution in [1.29, 1.82) is 0 Å². The van der Waals surface area contributed by atoms with E-state index < -0.39 is 0 Å². The Balaban J connectivity index is 2.41. The summed E-state index contributed by atoms with van der Waals surface area (Å²) in [6.07, 6.45) is 1.91. The predicted molar refractivity (Wildman–Crippen MR) is 68.5 cm³/mol. The Morgan fingerprint density at radius 3 is 2.38 bits per heavy atom. The van der Waals surface area contributed by atoms with Gasteiger partial charge in [-0.3, -0.25) is 0 Å². The molecule has 0 aromatic heterocycles. The molecule has 2 nitrogen and oxygen atoms in total. The highest BCUT2D eigenvalue weighted by Gasteiger charge is 2.01. The Morgan fingerprint density at radius 2 is 1.81 bits per heavy atom. The summed E-state index contributed by atoms with van der Waals surface area (Å²) in [5.74, 6) is 0. The summed E-state index contributed by atoms with van der Waals surface area (Å²) in [5, 5.41) is 12.2. The molecule has 0 amide bonds. The van der Waals surface area contributed by atoms with Crippen LogP contribution in [0.5, 0.6) is 0 Å². The highest BCUT2D eigenvalue weighted by molar-refractivity contribution is 5.28. The van der Waals surface area contributed by atoms with Crippen molar-refractivity contribution in [2.45, 2.75) is 46.2 Å². The number of aliphatic hydroxyl groups is 1. The van der Waals surface area contributed by atoms with Gasteiger partial charge in [0.25, 0.3) is 0 Å². The Morgan fingerprint density at radius 1 is 1.19 bits per heavy atom. The molecule has 1 unspecified atom stereocenters. The van der Waals surface area contributed by atoms with E-state index in [0.717, 1.165) is 19.4 Å². The lowest BCUT2D eigenvalue weighted by Gasteiger charge is -2.13. The zero-order valence-electron chi connectivity index (χ0n) is 10.6. The van der Waals surface area contributed by atoms with Gasteiger partial charge in [-0.15, -0.1) is 0 Å². The first-order valence-electron chi connectivity index (χ1n) is 6.03. The quantitative estimate of drug-likeness (QED) is 0.773. The van der Waals surface area contributed by atoms with Gasteiger partial charge < -0.3 is 10.4 Å². The Bertz CT molecular complexity index is 302. The SMILES string of the molecule is Cc1cc(C)cc(CNC(C)CCCO)c1. The standard InChI is InChI=1S/C14H23NO/c1-11-7-12(2)9-14(8-11)10-15-13(3)5-4-6-16/h7-9,13,15-16H,4-6,10H2,1-3H3. The van der Waals surface area contributed by atoms with Crippen LogP contribution in [0.25, 0.3) is 0 Å². The number of aliphatic hydroxyl groups excluding tert-OH is 1. The van der Waals surface area contributed by atoms with Crippen LogP contribution >= 0.6 is 0 Å². The van der Waals surface area contributed by atoms with Gasteiger partial charge in [0, 0.05) is 19.2 Å². The second-order valence-corrected chi connectivity index (χ2v) is 4.64. The van der Waals surface area contributed by atoms with Crippen molar-refractivity contribution in [2.75, 3.05) is 6.61 Å². The van der Waals surface area contributed by atoms with Gasteiger partial charge in [0.2, 0.25) is 0 Å². The monoisotopic (exact) mass is 221 g/mol. The van der Waals surface area contributed by atoms with E-state index in [2.05, 4.69) is 44.3 Å². The van der Waals surface area contributed by atoms with Crippen molar-refractivity contribution in [3.63, 3.8) is 0 Å². The summed E-state index contributed by atoms with van der Waals surface area (Å²) >= 11 is 0. The number of rotatable bonds is 6. The van der Waals surface area contributed by atoms with E-state index in [-0.39, 0.29) is 6.61 Å². The van der Waals surface area contributed by atoms with Gasteiger partial charge in [0.1, 0.15) is 0 Å². The van der Waals surface area contributed by atoms with Crippen LogP contribution in [0.4, 0.5) is 0 Å². The summed E-state index contributed by atoms with van der Waals surface area (Å²) in [7, 11) is 0. The lowest BCUT2D eigenvalue weighted by molar-refractivity contribution is 0.276. The van der Waals surface area contributed by atoms with Gasteiger partial charge in [-0.05, 0) is 39.2 Å². The third-order valence-corrected chi connectivity index (χ3v) is 2.73. The van der Waals surface area contributed by atoms with Gasteiger partial charge in [-0.25, -0.2) is 0 Å². The molecule has 2 N–H and O–H groups in total. The summed E-state index contributed by atoms with van der Waals surface area (Å²) < 4.78 is 0. The smallest absolute Gasteiger partial charge is 0.0431 e. The molecular weight excluding hydrogens is 198 g/mol. The summed E-state index contributed by atoms with van der Waals surface area (Å²) in [6, 6.07) is 7.10. The molecule has 0 aliphatic carbocycles. The van der Waals surface area contributed by atoms with Crippen molar-refractivity contribution in [2.24, 2.45) is 0 Å². The van der Waals surface area contributed by atoms with Crippen LogP contribution in [-0.2, 0) is 6.54 Å². The van der Waals surface area contributed by atoms with Gasteiger partial charge in [-0.2, -0.15) is 0 Å². The molecule has 0 spiro atoms. The Kier molecular flexibility index (Phi) is 5.50. The van der Waals surface area contributed by atoms with Crippen molar-refractivity contribution < 1.29 is 5.11 Å². The van der Waals surface area contributed by atoms with E-state index in [1.807, 2.05) is 0 Å². The predicted octanol–water partition coefficient (Wildman–Crippen LogP) is 2.55. The highest BCUT2D eigenvalue weighted by atomic mass is 16.2. The van der Waals surface area contributed by atoms with E-state index in [9.17, 15) is 0 Å². The van der Waals surface area contributed by atoms with E-state index in [1.54, 1.807) is 0 Å². The molecule has 90 valence electrons. The minimum absolute atomic E-state index is 0.287. The van der Waals surface area contributed by atoms with Gasteiger partial charge in [0.05, 0.1) is 0 Å². The van der Waals surface area contributed by atoms with Crippen LogP contribution in [0, 0.1) is 13.8 Å². The molecule has 0 aliphatic heterocycles. The maximum atomic E-state index is 8.75. The Labute approximate surface area is 98.7 Å². The van der Waals surface area contributed by atoms with Crippen LogP contribution < -0.4 is 5.32 Å². The van der Waals surface area contributed by atoms with Crippen molar-refractivity contribution >= 4 is 0 Å². The van der Waals surface area contributed by atoms with Gasteiger partial charge in [-0.1, -0.05) is 29.3 Å². The molecule has 1 aromatic rings. The minimum atomic E-state index is 0.287. The number of benzene rings is 1. The average Bonchev–Trinajstić information content (AvgIpc) is 2.22. The van der Waals surface area contributed by atoms with E-state index in [1.165, 1.54) is 16.7 Å². The average molecular weight is 221 g/mol. The maximum Gasteiger partial charge on any atom is 0.0431 e. The Hall–Kier alpha value is -0.860. The number of aryl methyl sites for hydroxylation is 2. The third kappa shape index (κ3) is 4.77. The lowest BCUT2D eigenvalue weighted by Crippen LogP contribution is -2.25. The normalized spacial score (nSPS) is 12.8. The van der Waals surface area contributed by atoms with Crippen molar-refractivity contribution in [3.8, 4) is 0 Å². The number of nitrogens with one attached hydrogen (secondary N) is 1. The minimum Gasteiger partial charge on any atom is -0.396 e. The maximum absolute atomic E-state index is 8.75. The van der Waals surface area contributed by atoms with Gasteiger partial charge in [0.15, 0.2) is 0 Å². The fourth-order valence-electron chi connectivity index (χ4n) is 1.96. The molecule has 2 heteroatoms. The second kappa shape index (κ2) is 6.66. The number of hydrogen-bond donors (Lipinski definition) is 2. The zero-order chi connectivity index (χ0) is 12.0. The van der Waals surface area contributed by atoms with Crippen LogP contribution in [0.2, 0.25) is 0 Å². The molecular formula is C14H23NO. The molecule has 16 heavy (non-hydrogen) atoms. The third-order valence-electron chi connectivity index (χ3n) is 2.73. The summed E-state index contributed by atoms with van der Waals surface area (Å²) in [5.41, 5.74) is 3.98. The van der Waals surface area contributed by atoms with Crippen LogP contribution in [0.15, 0.2) is 18.2 Å². The molecule has 0 radical (unpaired) electrons. The first-order valence-corrected chi connectivity index (χ1v) is 6.03. The highest BCUT2D eigenvalue weighted by Crippen LogP contribution is 2.09. The molecule has 0 heterocycles. The molecule has 1 aromatic carbocycles. The first-order chi connectivity index (χ1) is 7.61. The van der Waals surface area contributed by atoms with E-state index in [4.69, 9.17) is 5.11 Å². The van der Waals surface area contributed by atoms with Crippen LogP contribution in [0.3, 0.4) is 0 Å². The topological polar surface area (TPSA) is 32.3 Å². The zero-order valence-corrected chi connectivity index (χ0v) is 10.6. The van der Waals surface area contributed by atoms with E-state index in [0.29, 0.717) is 6.04 Å². The molecule has 0 aliphatic rings. The second-order valence-electron chi connectivity index (χ2n) is 4.64. The molecule has 0 saturated carbocycles. The van der Waals surface area contributed by atoms with Crippen molar-refractivity contribution in [1.82, 2.24) is 5.32 Å². The first kappa shape index (κ1) is 13.2. The molecule has 0 fully saturated rings. The summed E-state index contributed by atoms with van der Waals surface area (Å²) in [6.45, 7) is 7.63. The van der Waals surface area contributed by atoms with Gasteiger partial charge >= 0.3 is 0 Å². The van der Waals surface area contributed by atoms with E-state index >= 15 is 0 Å². The lowest BCUT2D eigenvalue weighted by atomic mass is 10.1. The molecule has 0 bridgehead atoms. The van der Waals surface area contributed by atoms with Crippen molar-refractivity contribution in [3.05, 3.63) is 34.9 Å².